The fourth-order valence-electron chi connectivity index (χ4n) is 3.71. The van der Waals surface area contributed by atoms with Gasteiger partial charge < -0.3 is 15.1 Å². The lowest BCUT2D eigenvalue weighted by Crippen LogP contribution is -2.45. The highest BCUT2D eigenvalue weighted by molar-refractivity contribution is 7.92. The first-order chi connectivity index (χ1) is 15.2. The van der Waals surface area contributed by atoms with Gasteiger partial charge >= 0.3 is 0 Å². The van der Waals surface area contributed by atoms with Gasteiger partial charge in [0.1, 0.15) is 5.82 Å². The van der Waals surface area contributed by atoms with Crippen LogP contribution in [0.5, 0.6) is 0 Å². The molecule has 1 aliphatic rings. The van der Waals surface area contributed by atoms with E-state index in [-0.39, 0.29) is 16.5 Å². The van der Waals surface area contributed by atoms with Gasteiger partial charge in [0.15, 0.2) is 0 Å². The molecule has 1 fully saturated rings. The molecule has 8 nitrogen and oxygen atoms in total. The lowest BCUT2D eigenvalue weighted by atomic mass is 10.1. The Labute approximate surface area is 191 Å². The highest BCUT2D eigenvalue weighted by atomic mass is 32.2. The van der Waals surface area contributed by atoms with Crippen LogP contribution in [-0.2, 0) is 10.0 Å². The normalized spacial score (nSPS) is 14.3. The van der Waals surface area contributed by atoms with Crippen molar-refractivity contribution in [1.29, 1.82) is 0 Å². The number of nitrogens with one attached hydrogen (secondary N) is 2. The Morgan fingerprint density at radius 2 is 1.94 bits per heavy atom. The smallest absolute Gasteiger partial charge is 0.262 e. The lowest BCUT2D eigenvalue weighted by molar-refractivity contribution is 0.0793. The van der Waals surface area contributed by atoms with Crippen molar-refractivity contribution in [3.63, 3.8) is 0 Å². The van der Waals surface area contributed by atoms with Crippen molar-refractivity contribution in [1.82, 2.24) is 15.2 Å². The van der Waals surface area contributed by atoms with Gasteiger partial charge in [-0.15, -0.1) is 0 Å². The molecular formula is C23H33N5O3S. The third kappa shape index (κ3) is 5.58. The quantitative estimate of drug-likeness (QED) is 0.630. The van der Waals surface area contributed by atoms with Crippen LogP contribution in [0.1, 0.15) is 41.3 Å². The van der Waals surface area contributed by atoms with Gasteiger partial charge in [-0.25, -0.2) is 13.4 Å². The molecule has 0 unspecified atom stereocenters. The van der Waals surface area contributed by atoms with Crippen molar-refractivity contribution >= 4 is 27.4 Å². The van der Waals surface area contributed by atoms with Crippen LogP contribution in [0.3, 0.4) is 0 Å². The Kier molecular flexibility index (Phi) is 7.73. The number of benzene rings is 1. The number of hydrogen-bond donors (Lipinski definition) is 2. The summed E-state index contributed by atoms with van der Waals surface area (Å²) in [5.41, 5.74) is 2.20. The van der Waals surface area contributed by atoms with Gasteiger partial charge in [-0.2, -0.15) is 0 Å². The Morgan fingerprint density at radius 1 is 1.22 bits per heavy atom. The van der Waals surface area contributed by atoms with Crippen LogP contribution in [0, 0.1) is 13.8 Å². The number of carbonyl (C=O) groups is 1. The first kappa shape index (κ1) is 24.0. The molecule has 0 aliphatic carbocycles. The average molecular weight is 460 g/mol. The molecule has 2 N–H and O–H groups in total. The molecule has 3 rings (SSSR count). The number of carbonyl (C=O) groups excluding carboxylic acids is 1. The molecule has 1 aromatic heterocycles. The number of unbranched alkanes of at least 4 members (excludes halogenated alkanes) is 1. The van der Waals surface area contributed by atoms with E-state index in [2.05, 4.69) is 26.8 Å². The van der Waals surface area contributed by atoms with Crippen molar-refractivity contribution in [2.75, 3.05) is 49.4 Å². The van der Waals surface area contributed by atoms with Crippen molar-refractivity contribution in [3.05, 3.63) is 47.2 Å². The molecule has 0 bridgehead atoms. The minimum Gasteiger partial charge on any atom is -0.353 e. The van der Waals surface area contributed by atoms with Crippen LogP contribution in [0.25, 0.3) is 0 Å². The van der Waals surface area contributed by atoms with E-state index in [0.29, 0.717) is 23.5 Å². The number of sulfonamides is 1. The van der Waals surface area contributed by atoms with E-state index in [1.54, 1.807) is 37.1 Å². The molecule has 0 radical (unpaired) electrons. The van der Waals surface area contributed by atoms with E-state index in [1.165, 1.54) is 6.20 Å². The predicted octanol–water partition coefficient (Wildman–Crippen LogP) is 2.78. The SMILES string of the molecule is CCCCN(C)C(=O)c1cc(NS(=O)(=O)c2cc(C)ccc2C)cnc1N1CCNCC1. The second-order valence-electron chi connectivity index (χ2n) is 8.29. The Morgan fingerprint density at radius 3 is 2.62 bits per heavy atom. The van der Waals surface area contributed by atoms with Crippen molar-refractivity contribution in [2.24, 2.45) is 0 Å². The van der Waals surface area contributed by atoms with Gasteiger partial charge in [0, 0.05) is 39.8 Å². The van der Waals surface area contributed by atoms with Crippen molar-refractivity contribution in [3.8, 4) is 0 Å². The van der Waals surface area contributed by atoms with Crippen LogP contribution in [0.15, 0.2) is 35.4 Å². The molecule has 1 aliphatic heterocycles. The summed E-state index contributed by atoms with van der Waals surface area (Å²) in [6.45, 7) is 9.41. The van der Waals surface area contributed by atoms with Gasteiger partial charge in [0.2, 0.25) is 0 Å². The van der Waals surface area contributed by atoms with E-state index in [0.717, 1.165) is 44.6 Å². The summed E-state index contributed by atoms with van der Waals surface area (Å²) in [5.74, 6) is 0.432. The minimum absolute atomic E-state index is 0.160. The van der Waals surface area contributed by atoms with Crippen molar-refractivity contribution in [2.45, 2.75) is 38.5 Å². The Hall–Kier alpha value is -2.65. The molecule has 1 saturated heterocycles. The maximum absolute atomic E-state index is 13.3. The molecular weight excluding hydrogens is 426 g/mol. The van der Waals surface area contributed by atoms with Crippen LogP contribution in [-0.4, -0.2) is 64.0 Å². The number of nitrogens with zero attached hydrogens (tertiary/aromatic N) is 3. The number of pyridine rings is 1. The maximum atomic E-state index is 13.3. The van der Waals surface area contributed by atoms with E-state index in [1.807, 2.05) is 13.0 Å². The van der Waals surface area contributed by atoms with Crippen LogP contribution in [0.2, 0.25) is 0 Å². The Balaban J connectivity index is 1.96. The van der Waals surface area contributed by atoms with Gasteiger partial charge in [-0.3, -0.25) is 9.52 Å². The molecule has 1 aromatic carbocycles. The van der Waals surface area contributed by atoms with E-state index in [4.69, 9.17) is 0 Å². The van der Waals surface area contributed by atoms with Gasteiger partial charge in [0.05, 0.1) is 22.3 Å². The molecule has 174 valence electrons. The molecule has 0 atom stereocenters. The van der Waals surface area contributed by atoms with Gasteiger partial charge in [-0.1, -0.05) is 25.5 Å². The number of piperazine rings is 1. The highest BCUT2D eigenvalue weighted by Gasteiger charge is 2.24. The zero-order valence-electron chi connectivity index (χ0n) is 19.3. The lowest BCUT2D eigenvalue weighted by Gasteiger charge is -2.30. The Bertz CT molecular complexity index is 1070. The first-order valence-electron chi connectivity index (χ1n) is 11.0. The van der Waals surface area contributed by atoms with E-state index >= 15 is 0 Å². The largest absolute Gasteiger partial charge is 0.353 e. The second kappa shape index (κ2) is 10.3. The number of anilines is 2. The fraction of sp³-hybridized carbons (Fsp3) is 0.478. The fourth-order valence-corrected chi connectivity index (χ4v) is 5.07. The van der Waals surface area contributed by atoms with Gasteiger partial charge in [-0.05, 0) is 43.5 Å². The molecule has 2 heterocycles. The topological polar surface area (TPSA) is 94.6 Å². The maximum Gasteiger partial charge on any atom is 0.262 e. The minimum atomic E-state index is -3.82. The number of aromatic nitrogens is 1. The average Bonchev–Trinajstić information content (AvgIpc) is 2.78. The number of hydrogen-bond acceptors (Lipinski definition) is 6. The molecule has 9 heteroatoms. The van der Waals surface area contributed by atoms with E-state index in [9.17, 15) is 13.2 Å². The first-order valence-corrected chi connectivity index (χ1v) is 12.5. The van der Waals surface area contributed by atoms with E-state index < -0.39 is 10.0 Å². The van der Waals surface area contributed by atoms with Gasteiger partial charge in [0.25, 0.3) is 15.9 Å². The number of amides is 1. The third-order valence-corrected chi connectivity index (χ3v) is 7.12. The summed E-state index contributed by atoms with van der Waals surface area (Å²) in [5, 5.41) is 3.30. The molecule has 32 heavy (non-hydrogen) atoms. The number of aryl methyl sites for hydroxylation is 2. The second-order valence-corrected chi connectivity index (χ2v) is 9.94. The summed E-state index contributed by atoms with van der Waals surface area (Å²) < 4.78 is 28.7. The summed E-state index contributed by atoms with van der Waals surface area (Å²) in [6, 6.07) is 6.91. The zero-order valence-corrected chi connectivity index (χ0v) is 20.1. The zero-order chi connectivity index (χ0) is 23.3. The molecule has 2 aromatic rings. The summed E-state index contributed by atoms with van der Waals surface area (Å²) in [6.07, 6.45) is 3.37. The standard InChI is InChI=1S/C23H33N5O3S/c1-5-6-11-27(4)23(29)20-15-19(16-25-22(20)28-12-9-24-10-13-28)26-32(30,31)21-14-17(2)7-8-18(21)3/h7-8,14-16,24,26H,5-6,9-13H2,1-4H3. The monoisotopic (exact) mass is 459 g/mol. The van der Waals surface area contributed by atoms with Crippen LogP contribution in [0.4, 0.5) is 11.5 Å². The van der Waals surface area contributed by atoms with Crippen molar-refractivity contribution < 1.29 is 13.2 Å². The molecule has 0 spiro atoms. The summed E-state index contributed by atoms with van der Waals surface area (Å²) >= 11 is 0. The predicted molar refractivity (Wildman–Crippen MR) is 128 cm³/mol. The third-order valence-electron chi connectivity index (χ3n) is 5.59. The van der Waals surface area contributed by atoms with Crippen LogP contribution < -0.4 is 14.9 Å². The molecule has 1 amide bonds. The molecule has 0 saturated carbocycles. The number of rotatable bonds is 8. The van der Waals surface area contributed by atoms with Crippen LogP contribution >= 0.6 is 0 Å². The summed E-state index contributed by atoms with van der Waals surface area (Å²) in [4.78, 5) is 21.8. The summed E-state index contributed by atoms with van der Waals surface area (Å²) in [7, 11) is -2.05. The highest BCUT2D eigenvalue weighted by Crippen LogP contribution is 2.26.